The second kappa shape index (κ2) is 3.27. The first-order valence-electron chi connectivity index (χ1n) is 6.19. The van der Waals surface area contributed by atoms with Gasteiger partial charge >= 0.3 is 0 Å². The number of nitrogens with one attached hydrogen (secondary N) is 1. The van der Waals surface area contributed by atoms with E-state index in [4.69, 9.17) is 0 Å². The quantitative estimate of drug-likeness (QED) is 0.687. The number of hydrogen-bond donors (Lipinski definition) is 1. The minimum Gasteiger partial charge on any atom is -0.311 e. The molecule has 0 spiro atoms. The van der Waals surface area contributed by atoms with Crippen LogP contribution in [0.25, 0.3) is 0 Å². The molecule has 3 atom stereocenters. The third kappa shape index (κ3) is 1.63. The number of rotatable bonds is 2. The van der Waals surface area contributed by atoms with Crippen molar-refractivity contribution in [1.82, 2.24) is 5.32 Å². The fourth-order valence-electron chi connectivity index (χ4n) is 3.48. The van der Waals surface area contributed by atoms with Crippen LogP contribution in [-0.4, -0.2) is 12.1 Å². The molecule has 1 unspecified atom stereocenters. The normalized spacial score (nSPS) is 44.8. The zero-order valence-electron chi connectivity index (χ0n) is 8.47. The molecule has 0 heterocycles. The van der Waals surface area contributed by atoms with Crippen LogP contribution in [0.1, 0.15) is 51.4 Å². The van der Waals surface area contributed by atoms with Crippen molar-refractivity contribution in [3.05, 3.63) is 0 Å². The van der Waals surface area contributed by atoms with Crippen LogP contribution in [0.3, 0.4) is 0 Å². The van der Waals surface area contributed by atoms with Crippen LogP contribution in [0.5, 0.6) is 0 Å². The molecule has 13 heavy (non-hydrogen) atoms. The van der Waals surface area contributed by atoms with Crippen molar-refractivity contribution >= 4 is 0 Å². The fourth-order valence-corrected chi connectivity index (χ4v) is 3.48. The van der Waals surface area contributed by atoms with Gasteiger partial charge in [0.1, 0.15) is 0 Å². The van der Waals surface area contributed by atoms with Gasteiger partial charge in [-0.3, -0.25) is 0 Å². The maximum atomic E-state index is 3.91. The molecule has 1 nitrogen and oxygen atoms in total. The van der Waals surface area contributed by atoms with Crippen molar-refractivity contribution in [2.24, 2.45) is 11.8 Å². The Hall–Kier alpha value is -0.0400. The Morgan fingerprint density at radius 2 is 1.69 bits per heavy atom. The van der Waals surface area contributed by atoms with Crippen LogP contribution in [0.4, 0.5) is 0 Å². The van der Waals surface area contributed by atoms with E-state index in [0.29, 0.717) is 0 Å². The lowest BCUT2D eigenvalue weighted by Gasteiger charge is -2.27. The van der Waals surface area contributed by atoms with Crippen LogP contribution in [0.2, 0.25) is 0 Å². The highest BCUT2D eigenvalue weighted by molar-refractivity contribution is 5.02. The molecule has 3 aliphatic carbocycles. The summed E-state index contributed by atoms with van der Waals surface area (Å²) in [6, 6.07) is 1.81. The van der Waals surface area contributed by atoms with Gasteiger partial charge in [0, 0.05) is 12.1 Å². The minimum absolute atomic E-state index is 0.887. The van der Waals surface area contributed by atoms with Gasteiger partial charge in [-0.25, -0.2) is 0 Å². The summed E-state index contributed by atoms with van der Waals surface area (Å²) in [7, 11) is 0. The SMILES string of the molecule is C1CCC(NC2CC[C@H]3C[C@@H]23)CC1. The van der Waals surface area contributed by atoms with Crippen LogP contribution in [-0.2, 0) is 0 Å². The first kappa shape index (κ1) is 8.28. The van der Waals surface area contributed by atoms with Gasteiger partial charge < -0.3 is 5.32 Å². The van der Waals surface area contributed by atoms with E-state index in [2.05, 4.69) is 5.32 Å². The Balaban J connectivity index is 1.50. The third-order valence-corrected chi connectivity index (χ3v) is 4.40. The first-order chi connectivity index (χ1) is 6.43. The molecule has 3 rings (SSSR count). The largest absolute Gasteiger partial charge is 0.311 e. The minimum atomic E-state index is 0.887. The lowest BCUT2D eigenvalue weighted by molar-refractivity contribution is 0.323. The molecule has 1 heteroatoms. The second-order valence-electron chi connectivity index (χ2n) is 5.35. The molecule has 0 amide bonds. The summed E-state index contributed by atoms with van der Waals surface area (Å²) in [5.74, 6) is 2.24. The van der Waals surface area contributed by atoms with E-state index < -0.39 is 0 Å². The van der Waals surface area contributed by atoms with Gasteiger partial charge in [0.25, 0.3) is 0 Å². The van der Waals surface area contributed by atoms with Crippen LogP contribution < -0.4 is 5.32 Å². The summed E-state index contributed by atoms with van der Waals surface area (Å²) in [5.41, 5.74) is 0. The van der Waals surface area contributed by atoms with Gasteiger partial charge in [0.15, 0.2) is 0 Å². The van der Waals surface area contributed by atoms with Crippen LogP contribution in [0.15, 0.2) is 0 Å². The fraction of sp³-hybridized carbons (Fsp3) is 1.00. The molecule has 0 aromatic rings. The molecular weight excluding hydrogens is 158 g/mol. The first-order valence-corrected chi connectivity index (χ1v) is 6.19. The van der Waals surface area contributed by atoms with E-state index in [1.54, 1.807) is 6.42 Å². The molecule has 0 radical (unpaired) electrons. The van der Waals surface area contributed by atoms with Gasteiger partial charge in [0.05, 0.1) is 0 Å². The van der Waals surface area contributed by atoms with E-state index >= 15 is 0 Å². The topological polar surface area (TPSA) is 12.0 Å². The molecule has 0 aromatic carbocycles. The predicted octanol–water partition coefficient (Wildman–Crippen LogP) is 2.71. The van der Waals surface area contributed by atoms with Crippen molar-refractivity contribution in [3.63, 3.8) is 0 Å². The maximum absolute atomic E-state index is 3.91. The third-order valence-electron chi connectivity index (χ3n) is 4.40. The summed E-state index contributed by atoms with van der Waals surface area (Å²) in [5, 5.41) is 3.91. The van der Waals surface area contributed by atoms with Gasteiger partial charge in [-0.15, -0.1) is 0 Å². The van der Waals surface area contributed by atoms with Crippen LogP contribution >= 0.6 is 0 Å². The van der Waals surface area contributed by atoms with E-state index in [0.717, 1.165) is 23.9 Å². The standard InChI is InChI=1S/C12H21N/c1-2-4-10(5-3-1)13-12-7-6-9-8-11(9)12/h9-13H,1-8H2/t9-,11+,12?/m0/s1. The summed E-state index contributed by atoms with van der Waals surface area (Å²) in [4.78, 5) is 0. The Labute approximate surface area is 81.3 Å². The average molecular weight is 179 g/mol. The van der Waals surface area contributed by atoms with Crippen molar-refractivity contribution in [3.8, 4) is 0 Å². The monoisotopic (exact) mass is 179 g/mol. The van der Waals surface area contributed by atoms with Gasteiger partial charge in [-0.1, -0.05) is 19.3 Å². The molecule has 74 valence electrons. The van der Waals surface area contributed by atoms with Crippen molar-refractivity contribution in [2.45, 2.75) is 63.5 Å². The molecule has 1 N–H and O–H groups in total. The van der Waals surface area contributed by atoms with Gasteiger partial charge in [-0.05, 0) is 43.9 Å². The van der Waals surface area contributed by atoms with E-state index in [1.165, 1.54) is 44.9 Å². The zero-order valence-corrected chi connectivity index (χ0v) is 8.47. The molecule has 0 aliphatic heterocycles. The smallest absolute Gasteiger partial charge is 0.0101 e. The Morgan fingerprint density at radius 1 is 0.846 bits per heavy atom. The molecule has 3 saturated carbocycles. The van der Waals surface area contributed by atoms with Crippen molar-refractivity contribution in [1.29, 1.82) is 0 Å². The van der Waals surface area contributed by atoms with Gasteiger partial charge in [-0.2, -0.15) is 0 Å². The summed E-state index contributed by atoms with van der Waals surface area (Å²) in [6.07, 6.45) is 11.9. The molecular formula is C12H21N. The summed E-state index contributed by atoms with van der Waals surface area (Å²) in [6.45, 7) is 0. The maximum Gasteiger partial charge on any atom is 0.0101 e. The Bertz CT molecular complexity index is 184. The lowest BCUT2D eigenvalue weighted by atomic mass is 9.94. The summed E-state index contributed by atoms with van der Waals surface area (Å²) < 4.78 is 0. The van der Waals surface area contributed by atoms with Crippen molar-refractivity contribution < 1.29 is 0 Å². The highest BCUT2D eigenvalue weighted by atomic mass is 15.0. The second-order valence-corrected chi connectivity index (χ2v) is 5.35. The highest BCUT2D eigenvalue weighted by Gasteiger charge is 2.48. The van der Waals surface area contributed by atoms with E-state index in [1.807, 2.05) is 0 Å². The molecule has 0 bridgehead atoms. The average Bonchev–Trinajstić information content (AvgIpc) is 2.86. The Kier molecular flexibility index (Phi) is 2.08. The van der Waals surface area contributed by atoms with Crippen molar-refractivity contribution in [2.75, 3.05) is 0 Å². The molecule has 0 aromatic heterocycles. The highest BCUT2D eigenvalue weighted by Crippen LogP contribution is 2.52. The number of fused-ring (bicyclic) bond motifs is 1. The zero-order chi connectivity index (χ0) is 8.67. The number of hydrogen-bond acceptors (Lipinski definition) is 1. The predicted molar refractivity (Wildman–Crippen MR) is 54.6 cm³/mol. The Morgan fingerprint density at radius 3 is 2.31 bits per heavy atom. The van der Waals surface area contributed by atoms with E-state index in [9.17, 15) is 0 Å². The molecule has 3 aliphatic rings. The van der Waals surface area contributed by atoms with E-state index in [-0.39, 0.29) is 0 Å². The lowest BCUT2D eigenvalue weighted by Crippen LogP contribution is -2.39. The molecule has 0 saturated heterocycles. The summed E-state index contributed by atoms with van der Waals surface area (Å²) >= 11 is 0. The van der Waals surface area contributed by atoms with Crippen LogP contribution in [0, 0.1) is 11.8 Å². The molecule has 3 fully saturated rings. The van der Waals surface area contributed by atoms with Gasteiger partial charge in [0.2, 0.25) is 0 Å².